The van der Waals surface area contributed by atoms with Gasteiger partial charge in [0.15, 0.2) is 17.5 Å². The molecule has 11 nitrogen and oxygen atoms in total. The van der Waals surface area contributed by atoms with Gasteiger partial charge in [-0.15, -0.1) is 0 Å². The molecule has 3 aromatic carbocycles. The highest BCUT2D eigenvalue weighted by Crippen LogP contribution is 2.36. The number of phenols is 2. The molecule has 0 atom stereocenters. The van der Waals surface area contributed by atoms with Gasteiger partial charge in [0.2, 0.25) is 0 Å². The summed E-state index contributed by atoms with van der Waals surface area (Å²) < 4.78 is 21.5. The number of rotatable bonds is 19. The van der Waals surface area contributed by atoms with Gasteiger partial charge in [0.1, 0.15) is 23.0 Å². The van der Waals surface area contributed by atoms with Crippen LogP contribution in [0.2, 0.25) is 10.0 Å². The van der Waals surface area contributed by atoms with Crippen LogP contribution in [0.15, 0.2) is 54.6 Å². The zero-order valence-electron chi connectivity index (χ0n) is 28.1. The van der Waals surface area contributed by atoms with Gasteiger partial charge < -0.3 is 29.2 Å². The first-order valence-electron chi connectivity index (χ1n) is 16.6. The molecule has 0 amide bonds. The van der Waals surface area contributed by atoms with Crippen molar-refractivity contribution in [2.24, 2.45) is 0 Å². The summed E-state index contributed by atoms with van der Waals surface area (Å²) in [7, 11) is 0. The summed E-state index contributed by atoms with van der Waals surface area (Å²) in [4.78, 5) is 36.8. The minimum atomic E-state index is -0.203. The summed E-state index contributed by atoms with van der Waals surface area (Å²) in [5.41, 5.74) is 1.19. The van der Waals surface area contributed by atoms with Crippen LogP contribution in [0.1, 0.15) is 65.2 Å². The van der Waals surface area contributed by atoms with Gasteiger partial charge in [0.25, 0.3) is 0 Å². The molecular formula is C37H41Cl2N3O8. The summed E-state index contributed by atoms with van der Waals surface area (Å²) >= 11 is 12.5. The molecule has 0 aliphatic rings. The highest BCUT2D eigenvalue weighted by molar-refractivity contribution is 6.42. The third kappa shape index (κ3) is 11.5. The van der Waals surface area contributed by atoms with Crippen molar-refractivity contribution in [3.05, 3.63) is 64.6 Å². The first-order chi connectivity index (χ1) is 24.2. The lowest BCUT2D eigenvalue weighted by molar-refractivity contribution is -0.144. The Morgan fingerprint density at radius 2 is 1.08 bits per heavy atom. The third-order valence-electron chi connectivity index (χ3n) is 7.43. The van der Waals surface area contributed by atoms with E-state index >= 15 is 0 Å². The molecule has 2 N–H and O–H groups in total. The lowest BCUT2D eigenvalue weighted by atomic mass is 10.1. The van der Waals surface area contributed by atoms with Crippen molar-refractivity contribution in [3.8, 4) is 57.2 Å². The van der Waals surface area contributed by atoms with E-state index in [0.717, 1.165) is 25.7 Å². The number of benzene rings is 3. The summed E-state index contributed by atoms with van der Waals surface area (Å²) in [6.45, 7) is 5.13. The van der Waals surface area contributed by atoms with Crippen molar-refractivity contribution >= 4 is 35.1 Å². The van der Waals surface area contributed by atoms with Crippen LogP contribution in [0.3, 0.4) is 0 Å². The van der Waals surface area contributed by atoms with Crippen molar-refractivity contribution in [1.29, 1.82) is 0 Å². The maximum absolute atomic E-state index is 11.5. The number of ether oxygens (including phenoxy) is 4. The molecule has 50 heavy (non-hydrogen) atoms. The second-order valence-electron chi connectivity index (χ2n) is 11.2. The lowest BCUT2D eigenvalue weighted by Gasteiger charge is -2.13. The quantitative estimate of drug-likeness (QED) is 0.0706. The number of unbranched alkanes of at least 4 members (excludes halogenated alkanes) is 4. The van der Waals surface area contributed by atoms with Crippen LogP contribution in [0.4, 0.5) is 0 Å². The van der Waals surface area contributed by atoms with E-state index in [-0.39, 0.29) is 40.9 Å². The molecule has 0 saturated carbocycles. The molecule has 1 heterocycles. The molecule has 1 aromatic heterocycles. The van der Waals surface area contributed by atoms with Gasteiger partial charge in [-0.05, 0) is 94.8 Å². The van der Waals surface area contributed by atoms with E-state index in [9.17, 15) is 19.8 Å². The van der Waals surface area contributed by atoms with E-state index in [2.05, 4.69) is 15.0 Å². The molecule has 4 aromatic rings. The highest BCUT2D eigenvalue weighted by atomic mass is 35.5. The molecule has 0 bridgehead atoms. The zero-order chi connectivity index (χ0) is 35.9. The van der Waals surface area contributed by atoms with Crippen LogP contribution in [0.25, 0.3) is 34.2 Å². The lowest BCUT2D eigenvalue weighted by Crippen LogP contribution is -2.04. The Kier molecular flexibility index (Phi) is 14.9. The second kappa shape index (κ2) is 19.5. The summed E-state index contributed by atoms with van der Waals surface area (Å²) in [6, 6.07) is 14.6. The van der Waals surface area contributed by atoms with E-state index < -0.39 is 0 Å². The van der Waals surface area contributed by atoms with Crippen molar-refractivity contribution in [2.45, 2.75) is 65.2 Å². The molecule has 0 aliphatic carbocycles. The van der Waals surface area contributed by atoms with Gasteiger partial charge in [-0.2, -0.15) is 0 Å². The number of halogens is 2. The van der Waals surface area contributed by atoms with Gasteiger partial charge >= 0.3 is 11.9 Å². The Morgan fingerprint density at radius 1 is 0.600 bits per heavy atom. The Balaban J connectivity index is 1.49. The minimum absolute atomic E-state index is 0.114. The normalized spacial score (nSPS) is 10.9. The highest BCUT2D eigenvalue weighted by Gasteiger charge is 2.18. The molecule has 0 spiro atoms. The number of aromatic nitrogens is 3. The molecule has 0 radical (unpaired) electrons. The number of carbonyl (C=O) groups excluding carboxylic acids is 2. The molecule has 13 heteroatoms. The first kappa shape index (κ1) is 38.2. The molecule has 0 saturated heterocycles. The fourth-order valence-electron chi connectivity index (χ4n) is 4.90. The maximum Gasteiger partial charge on any atom is 0.305 e. The molecule has 0 aliphatic heterocycles. The smallest absolute Gasteiger partial charge is 0.305 e. The Bertz CT molecular complexity index is 1660. The largest absolute Gasteiger partial charge is 0.507 e. The number of hydrogen-bond acceptors (Lipinski definition) is 11. The van der Waals surface area contributed by atoms with Crippen molar-refractivity contribution in [1.82, 2.24) is 15.0 Å². The van der Waals surface area contributed by atoms with Crippen LogP contribution in [-0.4, -0.2) is 63.5 Å². The maximum atomic E-state index is 11.5. The van der Waals surface area contributed by atoms with E-state index in [0.29, 0.717) is 90.3 Å². The number of carbonyl (C=O) groups is 2. The SMILES string of the molecule is CCOC(=O)CCCCCOc1ccc(-c2nc(-c3ccc(Cl)c(Cl)c3)nc(-c3ccc(OCCCCCC(=O)OCC)cc3O)n2)c(O)c1. The molecule has 4 rings (SSSR count). The number of nitrogens with zero attached hydrogens (tertiary/aromatic N) is 3. The van der Waals surface area contributed by atoms with Gasteiger partial charge in [0, 0.05) is 30.5 Å². The first-order valence-corrected chi connectivity index (χ1v) is 17.4. The molecular weight excluding hydrogens is 685 g/mol. The Labute approximate surface area is 301 Å². The summed E-state index contributed by atoms with van der Waals surface area (Å²) in [6.07, 6.45) is 5.22. The molecule has 0 fully saturated rings. The predicted molar refractivity (Wildman–Crippen MR) is 191 cm³/mol. The van der Waals surface area contributed by atoms with Gasteiger partial charge in [-0.25, -0.2) is 15.0 Å². The topological polar surface area (TPSA) is 150 Å². The van der Waals surface area contributed by atoms with Crippen LogP contribution in [0, 0.1) is 0 Å². The van der Waals surface area contributed by atoms with Gasteiger partial charge in [-0.3, -0.25) is 9.59 Å². The van der Waals surface area contributed by atoms with Crippen LogP contribution in [-0.2, 0) is 19.1 Å². The number of phenolic OH excluding ortho intramolecular Hbond substituents is 2. The second-order valence-corrected chi connectivity index (χ2v) is 12.0. The minimum Gasteiger partial charge on any atom is -0.507 e. The molecule has 266 valence electrons. The number of esters is 2. The number of aromatic hydroxyl groups is 2. The van der Waals surface area contributed by atoms with Gasteiger partial charge in [-0.1, -0.05) is 23.2 Å². The van der Waals surface area contributed by atoms with Crippen molar-refractivity contribution < 1.29 is 38.7 Å². The van der Waals surface area contributed by atoms with Crippen LogP contribution >= 0.6 is 23.2 Å². The summed E-state index contributed by atoms with van der Waals surface area (Å²) in [5, 5.41) is 22.7. The predicted octanol–water partition coefficient (Wildman–Crippen LogP) is 8.60. The van der Waals surface area contributed by atoms with E-state index in [1.165, 1.54) is 12.1 Å². The van der Waals surface area contributed by atoms with Crippen molar-refractivity contribution in [3.63, 3.8) is 0 Å². The Morgan fingerprint density at radius 3 is 1.52 bits per heavy atom. The summed E-state index contributed by atoms with van der Waals surface area (Å²) in [5.74, 6) is 0.842. The zero-order valence-corrected chi connectivity index (χ0v) is 29.6. The average Bonchev–Trinajstić information content (AvgIpc) is 3.09. The van der Waals surface area contributed by atoms with Crippen molar-refractivity contribution in [2.75, 3.05) is 26.4 Å². The number of hydrogen-bond donors (Lipinski definition) is 2. The monoisotopic (exact) mass is 725 g/mol. The third-order valence-corrected chi connectivity index (χ3v) is 8.17. The fourth-order valence-corrected chi connectivity index (χ4v) is 5.20. The van der Waals surface area contributed by atoms with E-state index in [4.69, 9.17) is 42.1 Å². The van der Waals surface area contributed by atoms with E-state index in [1.54, 1.807) is 56.3 Å². The molecule has 0 unspecified atom stereocenters. The fraction of sp³-hybridized carbons (Fsp3) is 0.378. The van der Waals surface area contributed by atoms with Gasteiger partial charge in [0.05, 0.1) is 47.6 Å². The average molecular weight is 727 g/mol. The standard InChI is InChI=1S/C37H41Cl2N3O8/c1-3-47-33(45)11-7-5-9-19-49-25-14-16-27(31(43)22-25)36-40-35(24-13-18-29(38)30(39)21-24)41-37(42-36)28-17-15-26(23-32(28)44)50-20-10-6-8-12-34(46)48-4-2/h13-18,21-23,43-44H,3-12,19-20H2,1-2H3. The van der Waals surface area contributed by atoms with Crippen LogP contribution < -0.4 is 9.47 Å². The van der Waals surface area contributed by atoms with E-state index in [1.807, 2.05) is 0 Å². The van der Waals surface area contributed by atoms with Crippen LogP contribution in [0.5, 0.6) is 23.0 Å². The Hall–Kier alpha value is -4.61.